The molecule has 1 heterocycles. The second-order valence-electron chi connectivity index (χ2n) is 3.23. The van der Waals surface area contributed by atoms with Crippen LogP contribution in [-0.2, 0) is 4.79 Å². The topological polar surface area (TPSA) is 59.4 Å². The molecule has 84 valence electrons. The van der Waals surface area contributed by atoms with Crippen LogP contribution in [0.15, 0.2) is 18.2 Å². The number of halogens is 1. The number of fused-ring (bicyclic) bond motifs is 1. The summed E-state index contributed by atoms with van der Waals surface area (Å²) in [4.78, 5) is 10.7. The number of hydrogen-bond acceptors (Lipinski definition) is 4. The predicted molar refractivity (Wildman–Crippen MR) is 62.4 cm³/mol. The molecule has 0 aliphatic heterocycles. The number of nitrogens with zero attached hydrogens (tertiary/aromatic N) is 1. The number of carbonyl (C=O) groups is 1. The van der Waals surface area contributed by atoms with E-state index in [0.29, 0.717) is 10.9 Å². The van der Waals surface area contributed by atoms with E-state index in [-0.39, 0.29) is 0 Å². The summed E-state index contributed by atoms with van der Waals surface area (Å²) in [7, 11) is 0. The quantitative estimate of drug-likeness (QED) is 0.919. The third kappa shape index (κ3) is 2.10. The maximum Gasteiger partial charge on any atom is 0.344 e. The van der Waals surface area contributed by atoms with E-state index in [9.17, 15) is 4.79 Å². The van der Waals surface area contributed by atoms with Gasteiger partial charge in [0.1, 0.15) is 0 Å². The van der Waals surface area contributed by atoms with Gasteiger partial charge in [0.15, 0.2) is 6.10 Å². The molecule has 1 atom stereocenters. The largest absolute Gasteiger partial charge is 0.479 e. The second-order valence-corrected chi connectivity index (χ2v) is 4.47. The van der Waals surface area contributed by atoms with Gasteiger partial charge in [0.05, 0.1) is 10.1 Å². The molecule has 0 radical (unpaired) electrons. The molecule has 16 heavy (non-hydrogen) atoms. The average Bonchev–Trinajstić information content (AvgIpc) is 2.61. The van der Waals surface area contributed by atoms with E-state index in [4.69, 9.17) is 21.4 Å². The van der Waals surface area contributed by atoms with Crippen molar-refractivity contribution in [2.75, 3.05) is 0 Å². The van der Waals surface area contributed by atoms with Crippen LogP contribution in [0.25, 0.3) is 10.1 Å². The summed E-state index contributed by atoms with van der Waals surface area (Å²) < 4.78 is 10.2. The van der Waals surface area contributed by atoms with Crippen molar-refractivity contribution in [3.8, 4) is 5.88 Å². The van der Waals surface area contributed by atoms with Crippen molar-refractivity contribution < 1.29 is 14.6 Å². The molecule has 0 bridgehead atoms. The van der Waals surface area contributed by atoms with Gasteiger partial charge in [-0.15, -0.1) is 0 Å². The summed E-state index contributed by atoms with van der Waals surface area (Å²) >= 11 is 7.10. The highest BCUT2D eigenvalue weighted by Gasteiger charge is 2.16. The first kappa shape index (κ1) is 11.2. The first-order chi connectivity index (χ1) is 7.58. The average molecular weight is 258 g/mol. The summed E-state index contributed by atoms with van der Waals surface area (Å²) in [6.07, 6.45) is -0.927. The van der Waals surface area contributed by atoms with Crippen LogP contribution in [0.4, 0.5) is 0 Å². The lowest BCUT2D eigenvalue weighted by Gasteiger charge is -2.07. The number of benzene rings is 1. The number of hydrogen-bond donors (Lipinski definition) is 1. The van der Waals surface area contributed by atoms with E-state index in [2.05, 4.69) is 4.37 Å². The summed E-state index contributed by atoms with van der Waals surface area (Å²) in [6.45, 7) is 1.46. The smallest absolute Gasteiger partial charge is 0.344 e. The van der Waals surface area contributed by atoms with Crippen LogP contribution in [-0.4, -0.2) is 21.6 Å². The number of carboxylic acid groups (broad SMARTS) is 1. The molecule has 1 aromatic carbocycles. The molecule has 0 saturated heterocycles. The van der Waals surface area contributed by atoms with Gasteiger partial charge in [-0.1, -0.05) is 11.6 Å². The standard InChI is InChI=1S/C10H8ClNO3S/c1-5(10(13)14)15-9-7-4-6(11)2-3-8(7)16-12-9/h2-5H,1H3,(H,13,14). The molecular formula is C10H8ClNO3S. The summed E-state index contributed by atoms with van der Waals surface area (Å²) in [6, 6.07) is 5.30. The zero-order chi connectivity index (χ0) is 11.7. The van der Waals surface area contributed by atoms with Crippen molar-refractivity contribution in [1.82, 2.24) is 4.37 Å². The normalized spacial score (nSPS) is 12.6. The van der Waals surface area contributed by atoms with Gasteiger partial charge in [-0.3, -0.25) is 0 Å². The third-order valence-electron chi connectivity index (χ3n) is 2.04. The van der Waals surface area contributed by atoms with Crippen LogP contribution in [0.5, 0.6) is 5.88 Å². The highest BCUT2D eigenvalue weighted by Crippen LogP contribution is 2.31. The summed E-state index contributed by atoms with van der Waals surface area (Å²) in [5.74, 6) is -0.708. The fourth-order valence-corrected chi connectivity index (χ4v) is 2.06. The lowest BCUT2D eigenvalue weighted by molar-refractivity contribution is -0.144. The first-order valence-electron chi connectivity index (χ1n) is 4.52. The number of rotatable bonds is 3. The number of carboxylic acids is 1. The molecule has 0 fully saturated rings. The minimum atomic E-state index is -1.02. The number of aliphatic carboxylic acids is 1. The van der Waals surface area contributed by atoms with Crippen LogP contribution < -0.4 is 4.74 Å². The minimum absolute atomic E-state index is 0.317. The Balaban J connectivity index is 2.37. The molecule has 2 rings (SSSR count). The third-order valence-corrected chi connectivity index (χ3v) is 3.08. The Hall–Kier alpha value is -1.33. The van der Waals surface area contributed by atoms with Gasteiger partial charge in [0.25, 0.3) is 0 Å². The van der Waals surface area contributed by atoms with Crippen molar-refractivity contribution >= 4 is 39.2 Å². The van der Waals surface area contributed by atoms with E-state index in [1.165, 1.54) is 18.5 Å². The molecule has 1 aromatic heterocycles. The number of aromatic nitrogens is 1. The van der Waals surface area contributed by atoms with Crippen molar-refractivity contribution in [2.45, 2.75) is 13.0 Å². The fraction of sp³-hybridized carbons (Fsp3) is 0.200. The Morgan fingerprint density at radius 1 is 1.62 bits per heavy atom. The highest BCUT2D eigenvalue weighted by molar-refractivity contribution is 7.13. The Morgan fingerprint density at radius 2 is 2.38 bits per heavy atom. The van der Waals surface area contributed by atoms with Gasteiger partial charge in [-0.2, -0.15) is 4.37 Å². The molecule has 1 N–H and O–H groups in total. The number of ether oxygens (including phenoxy) is 1. The van der Waals surface area contributed by atoms with E-state index in [0.717, 1.165) is 10.1 Å². The SMILES string of the molecule is CC(Oc1nsc2ccc(Cl)cc12)C(=O)O. The van der Waals surface area contributed by atoms with Crippen LogP contribution in [0.2, 0.25) is 5.02 Å². The predicted octanol–water partition coefficient (Wildman–Crippen LogP) is 2.80. The van der Waals surface area contributed by atoms with Crippen LogP contribution in [0.3, 0.4) is 0 Å². The van der Waals surface area contributed by atoms with Gasteiger partial charge in [0.2, 0.25) is 5.88 Å². The van der Waals surface area contributed by atoms with Crippen molar-refractivity contribution in [3.05, 3.63) is 23.2 Å². The van der Waals surface area contributed by atoms with E-state index in [1.54, 1.807) is 12.1 Å². The van der Waals surface area contributed by atoms with Crippen LogP contribution >= 0.6 is 23.1 Å². The highest BCUT2D eigenvalue weighted by atomic mass is 35.5. The lowest BCUT2D eigenvalue weighted by Crippen LogP contribution is -2.23. The van der Waals surface area contributed by atoms with Crippen molar-refractivity contribution in [2.24, 2.45) is 0 Å². The summed E-state index contributed by atoms with van der Waals surface area (Å²) in [5, 5.41) is 10.0. The summed E-state index contributed by atoms with van der Waals surface area (Å²) in [5.41, 5.74) is 0. The van der Waals surface area contributed by atoms with Crippen LogP contribution in [0.1, 0.15) is 6.92 Å². The molecule has 4 nitrogen and oxygen atoms in total. The van der Waals surface area contributed by atoms with Crippen LogP contribution in [0, 0.1) is 0 Å². The van der Waals surface area contributed by atoms with Crippen molar-refractivity contribution in [1.29, 1.82) is 0 Å². The monoisotopic (exact) mass is 257 g/mol. The first-order valence-corrected chi connectivity index (χ1v) is 5.67. The van der Waals surface area contributed by atoms with E-state index < -0.39 is 12.1 Å². The van der Waals surface area contributed by atoms with Gasteiger partial charge >= 0.3 is 5.97 Å². The Bertz CT molecular complexity index is 540. The van der Waals surface area contributed by atoms with Gasteiger partial charge in [0, 0.05) is 5.02 Å². The van der Waals surface area contributed by atoms with Gasteiger partial charge in [-0.05, 0) is 36.7 Å². The van der Waals surface area contributed by atoms with E-state index in [1.807, 2.05) is 6.07 Å². The molecule has 1 unspecified atom stereocenters. The van der Waals surface area contributed by atoms with E-state index >= 15 is 0 Å². The maximum atomic E-state index is 10.7. The zero-order valence-electron chi connectivity index (χ0n) is 8.31. The molecule has 2 aromatic rings. The Morgan fingerprint density at radius 3 is 3.06 bits per heavy atom. The molecular weight excluding hydrogens is 250 g/mol. The molecule has 6 heteroatoms. The van der Waals surface area contributed by atoms with Gasteiger partial charge < -0.3 is 9.84 Å². The molecule has 0 spiro atoms. The lowest BCUT2D eigenvalue weighted by atomic mass is 10.3. The molecule has 0 aliphatic carbocycles. The van der Waals surface area contributed by atoms with Gasteiger partial charge in [-0.25, -0.2) is 4.79 Å². The van der Waals surface area contributed by atoms with Crippen molar-refractivity contribution in [3.63, 3.8) is 0 Å². The minimum Gasteiger partial charge on any atom is -0.479 e. The molecule has 0 saturated carbocycles. The molecule has 0 amide bonds. The zero-order valence-corrected chi connectivity index (χ0v) is 9.88. The molecule has 0 aliphatic rings. The Labute approximate surface area is 101 Å². The maximum absolute atomic E-state index is 10.7. The fourth-order valence-electron chi connectivity index (χ4n) is 1.19. The second kappa shape index (κ2) is 4.27. The Kier molecular flexibility index (Phi) is 2.98.